The maximum atomic E-state index is 11.0. The molecule has 0 radical (unpaired) electrons. The zero-order valence-electron chi connectivity index (χ0n) is 10.5. The van der Waals surface area contributed by atoms with E-state index in [9.17, 15) is 14.9 Å². The van der Waals surface area contributed by atoms with Crippen molar-refractivity contribution in [3.05, 3.63) is 34.4 Å². The van der Waals surface area contributed by atoms with Crippen molar-refractivity contribution in [1.82, 2.24) is 0 Å². The number of hydrogen-bond donors (Lipinski definition) is 1. The van der Waals surface area contributed by atoms with Crippen LogP contribution in [0, 0.1) is 10.1 Å². The molecule has 0 spiro atoms. The van der Waals surface area contributed by atoms with E-state index in [-0.39, 0.29) is 17.8 Å². The van der Waals surface area contributed by atoms with Gasteiger partial charge in [0.25, 0.3) is 5.69 Å². The molecule has 2 unspecified atom stereocenters. The van der Waals surface area contributed by atoms with Crippen LogP contribution in [0.3, 0.4) is 0 Å². The lowest BCUT2D eigenvalue weighted by atomic mass is 10.2. The standard InChI is InChI=1S/C12H15N3O4/c1-8-11(19-12(13)16)6-7-14(8)9-4-2-3-5-10(9)15(17)18/h2-5,8,11H,6-7H2,1H3,(H2,13,16). The first kappa shape index (κ1) is 13.1. The molecule has 1 aliphatic rings. The molecule has 7 heteroatoms. The largest absolute Gasteiger partial charge is 0.444 e. The summed E-state index contributed by atoms with van der Waals surface area (Å²) in [5, 5.41) is 11.0. The smallest absolute Gasteiger partial charge is 0.404 e. The molecule has 102 valence electrons. The van der Waals surface area contributed by atoms with Crippen LogP contribution in [0.25, 0.3) is 0 Å². The van der Waals surface area contributed by atoms with Gasteiger partial charge < -0.3 is 15.4 Å². The van der Waals surface area contributed by atoms with E-state index < -0.39 is 11.0 Å². The van der Waals surface area contributed by atoms with Crippen molar-refractivity contribution >= 4 is 17.5 Å². The Balaban J connectivity index is 2.24. The average Bonchev–Trinajstić information content (AvgIpc) is 2.70. The molecule has 1 saturated heterocycles. The van der Waals surface area contributed by atoms with E-state index in [1.54, 1.807) is 18.2 Å². The number of ether oxygens (including phenoxy) is 1. The number of benzene rings is 1. The fourth-order valence-electron chi connectivity index (χ4n) is 2.42. The van der Waals surface area contributed by atoms with Crippen molar-refractivity contribution < 1.29 is 14.5 Å². The highest BCUT2D eigenvalue weighted by atomic mass is 16.6. The lowest BCUT2D eigenvalue weighted by Crippen LogP contribution is -2.36. The average molecular weight is 265 g/mol. The summed E-state index contributed by atoms with van der Waals surface area (Å²) in [7, 11) is 0. The maximum Gasteiger partial charge on any atom is 0.404 e. The lowest BCUT2D eigenvalue weighted by molar-refractivity contribution is -0.384. The number of nitrogens with two attached hydrogens (primary N) is 1. The monoisotopic (exact) mass is 265 g/mol. The Morgan fingerprint density at radius 1 is 1.53 bits per heavy atom. The zero-order valence-corrected chi connectivity index (χ0v) is 10.5. The minimum absolute atomic E-state index is 0.0501. The van der Waals surface area contributed by atoms with Gasteiger partial charge in [0.05, 0.1) is 11.0 Å². The van der Waals surface area contributed by atoms with Gasteiger partial charge in [-0.15, -0.1) is 0 Å². The molecule has 7 nitrogen and oxygen atoms in total. The molecule has 1 aliphatic heterocycles. The Morgan fingerprint density at radius 3 is 2.84 bits per heavy atom. The summed E-state index contributed by atoms with van der Waals surface area (Å²) < 4.78 is 5.00. The highest BCUT2D eigenvalue weighted by molar-refractivity contribution is 5.66. The van der Waals surface area contributed by atoms with Crippen molar-refractivity contribution in [1.29, 1.82) is 0 Å². The van der Waals surface area contributed by atoms with E-state index in [0.29, 0.717) is 18.7 Å². The summed E-state index contributed by atoms with van der Waals surface area (Å²) >= 11 is 0. The van der Waals surface area contributed by atoms with Gasteiger partial charge in [-0.1, -0.05) is 12.1 Å². The van der Waals surface area contributed by atoms with Crippen LogP contribution in [0.15, 0.2) is 24.3 Å². The van der Waals surface area contributed by atoms with Crippen molar-refractivity contribution in [2.45, 2.75) is 25.5 Å². The zero-order chi connectivity index (χ0) is 14.0. The summed E-state index contributed by atoms with van der Waals surface area (Å²) in [5.41, 5.74) is 5.60. The second-order valence-corrected chi connectivity index (χ2v) is 4.44. The Bertz CT molecular complexity index is 506. The van der Waals surface area contributed by atoms with Crippen LogP contribution in [0.4, 0.5) is 16.2 Å². The van der Waals surface area contributed by atoms with Gasteiger partial charge >= 0.3 is 6.09 Å². The van der Waals surface area contributed by atoms with E-state index in [2.05, 4.69) is 0 Å². The molecule has 0 saturated carbocycles. The topological polar surface area (TPSA) is 98.7 Å². The number of nitrogens with zero attached hydrogens (tertiary/aromatic N) is 2. The first-order valence-electron chi connectivity index (χ1n) is 5.97. The summed E-state index contributed by atoms with van der Waals surface area (Å²) in [4.78, 5) is 23.3. The number of nitro groups is 1. The van der Waals surface area contributed by atoms with Crippen LogP contribution in [0.5, 0.6) is 0 Å². The quantitative estimate of drug-likeness (QED) is 0.661. The summed E-state index contributed by atoms with van der Waals surface area (Å²) in [6, 6.07) is 6.39. The van der Waals surface area contributed by atoms with Gasteiger partial charge in [-0.2, -0.15) is 0 Å². The lowest BCUT2D eigenvalue weighted by Gasteiger charge is -2.25. The fraction of sp³-hybridized carbons (Fsp3) is 0.417. The molecule has 2 rings (SSSR count). The van der Waals surface area contributed by atoms with Crippen LogP contribution < -0.4 is 10.6 Å². The van der Waals surface area contributed by atoms with Gasteiger partial charge in [0, 0.05) is 19.0 Å². The van der Waals surface area contributed by atoms with Gasteiger partial charge in [-0.3, -0.25) is 10.1 Å². The molecular weight excluding hydrogens is 250 g/mol. The molecule has 19 heavy (non-hydrogen) atoms. The molecular formula is C12H15N3O4. The van der Waals surface area contributed by atoms with Crippen molar-refractivity contribution in [3.63, 3.8) is 0 Å². The molecule has 1 fully saturated rings. The van der Waals surface area contributed by atoms with E-state index in [0.717, 1.165) is 0 Å². The van der Waals surface area contributed by atoms with Crippen LogP contribution in [0.1, 0.15) is 13.3 Å². The third-order valence-corrected chi connectivity index (χ3v) is 3.34. The number of hydrogen-bond acceptors (Lipinski definition) is 5. The van der Waals surface area contributed by atoms with Gasteiger partial charge in [-0.25, -0.2) is 4.79 Å². The Kier molecular flexibility index (Phi) is 3.55. The van der Waals surface area contributed by atoms with Crippen LogP contribution in [-0.4, -0.2) is 29.7 Å². The number of para-hydroxylation sites is 2. The molecule has 0 bridgehead atoms. The minimum Gasteiger partial charge on any atom is -0.444 e. The number of amides is 1. The van der Waals surface area contributed by atoms with Crippen molar-refractivity contribution in [3.8, 4) is 0 Å². The molecule has 1 aromatic carbocycles. The number of primary amides is 1. The van der Waals surface area contributed by atoms with Crippen LogP contribution in [-0.2, 0) is 4.74 Å². The number of nitro benzene ring substituents is 1. The first-order chi connectivity index (χ1) is 9.00. The van der Waals surface area contributed by atoms with E-state index in [4.69, 9.17) is 10.5 Å². The second kappa shape index (κ2) is 5.13. The Labute approximate surface area is 110 Å². The second-order valence-electron chi connectivity index (χ2n) is 4.44. The molecule has 0 aromatic heterocycles. The minimum atomic E-state index is -0.818. The normalized spacial score (nSPS) is 22.3. The van der Waals surface area contributed by atoms with Crippen molar-refractivity contribution in [2.75, 3.05) is 11.4 Å². The molecule has 1 aromatic rings. The highest BCUT2D eigenvalue weighted by Gasteiger charge is 2.35. The predicted octanol–water partition coefficient (Wildman–Crippen LogP) is 1.66. The summed E-state index contributed by atoms with van der Waals surface area (Å²) in [6.45, 7) is 2.45. The first-order valence-corrected chi connectivity index (χ1v) is 5.97. The number of carbonyl (C=O) groups is 1. The third kappa shape index (κ3) is 2.59. The van der Waals surface area contributed by atoms with E-state index in [1.165, 1.54) is 6.07 Å². The molecule has 0 aliphatic carbocycles. The fourth-order valence-corrected chi connectivity index (χ4v) is 2.42. The van der Waals surface area contributed by atoms with Gasteiger partial charge in [-0.05, 0) is 13.0 Å². The van der Waals surface area contributed by atoms with Gasteiger partial charge in [0.1, 0.15) is 11.8 Å². The molecule has 2 N–H and O–H groups in total. The summed E-state index contributed by atoms with van der Waals surface area (Å²) in [5.74, 6) is 0. The predicted molar refractivity (Wildman–Crippen MR) is 69.0 cm³/mol. The number of anilines is 1. The van der Waals surface area contributed by atoms with Crippen molar-refractivity contribution in [2.24, 2.45) is 5.73 Å². The Morgan fingerprint density at radius 2 is 2.21 bits per heavy atom. The highest BCUT2D eigenvalue weighted by Crippen LogP contribution is 2.34. The maximum absolute atomic E-state index is 11.0. The SMILES string of the molecule is CC1C(OC(N)=O)CCN1c1ccccc1[N+](=O)[O-]. The van der Waals surface area contributed by atoms with Crippen LogP contribution in [0.2, 0.25) is 0 Å². The number of rotatable bonds is 3. The molecule has 1 amide bonds. The number of carbonyl (C=O) groups excluding carboxylic acids is 1. The molecule has 1 heterocycles. The van der Waals surface area contributed by atoms with Gasteiger partial charge in [0.2, 0.25) is 0 Å². The van der Waals surface area contributed by atoms with E-state index in [1.807, 2.05) is 11.8 Å². The van der Waals surface area contributed by atoms with E-state index >= 15 is 0 Å². The molecule has 2 atom stereocenters. The Hall–Kier alpha value is -2.31. The summed E-state index contributed by atoms with van der Waals surface area (Å²) in [6.07, 6.45) is -0.547. The van der Waals surface area contributed by atoms with Crippen LogP contribution >= 0.6 is 0 Å². The van der Waals surface area contributed by atoms with Gasteiger partial charge in [0.15, 0.2) is 0 Å². The third-order valence-electron chi connectivity index (χ3n) is 3.34.